The summed E-state index contributed by atoms with van der Waals surface area (Å²) in [5, 5.41) is 11.3. The van der Waals surface area contributed by atoms with Gasteiger partial charge in [0, 0.05) is 13.0 Å². The summed E-state index contributed by atoms with van der Waals surface area (Å²) in [6.45, 7) is 3.10. The van der Waals surface area contributed by atoms with E-state index in [0.29, 0.717) is 18.0 Å². The summed E-state index contributed by atoms with van der Waals surface area (Å²) in [6, 6.07) is 7.37. The fourth-order valence-electron chi connectivity index (χ4n) is 3.17. The lowest BCUT2D eigenvalue weighted by molar-refractivity contribution is -0.133. The number of nitrogens with zero attached hydrogens (tertiary/aromatic N) is 3. The molecule has 0 spiro atoms. The van der Waals surface area contributed by atoms with E-state index in [1.807, 2.05) is 25.1 Å². The van der Waals surface area contributed by atoms with Crippen molar-refractivity contribution in [3.63, 3.8) is 0 Å². The van der Waals surface area contributed by atoms with Crippen molar-refractivity contribution in [3.8, 4) is 11.5 Å². The van der Waals surface area contributed by atoms with Gasteiger partial charge in [0.25, 0.3) is 5.91 Å². The van der Waals surface area contributed by atoms with Gasteiger partial charge in [0.1, 0.15) is 11.9 Å². The summed E-state index contributed by atoms with van der Waals surface area (Å²) < 4.78 is 13.7. The number of hydrogen-bond acceptors (Lipinski definition) is 5. The zero-order valence-corrected chi connectivity index (χ0v) is 13.6. The van der Waals surface area contributed by atoms with Crippen LogP contribution >= 0.6 is 0 Å². The maximum Gasteiger partial charge on any atom is 0.265 e. The first-order valence-electron chi connectivity index (χ1n) is 8.33. The lowest BCUT2D eigenvalue weighted by atomic mass is 10.1. The Balaban J connectivity index is 1.42. The van der Waals surface area contributed by atoms with E-state index in [4.69, 9.17) is 9.47 Å². The molecule has 7 heteroatoms. The van der Waals surface area contributed by atoms with Crippen molar-refractivity contribution < 1.29 is 14.3 Å². The molecule has 1 N–H and O–H groups in total. The van der Waals surface area contributed by atoms with Crippen LogP contribution in [0, 0.1) is 0 Å². The molecule has 0 saturated carbocycles. The summed E-state index contributed by atoms with van der Waals surface area (Å²) in [7, 11) is 0. The molecule has 3 heterocycles. The smallest absolute Gasteiger partial charge is 0.265 e. The number of carbonyl (C=O) groups excluding carboxylic acids is 1. The Morgan fingerprint density at radius 1 is 1.25 bits per heavy atom. The summed E-state index contributed by atoms with van der Waals surface area (Å²) in [6.07, 6.45) is 2.19. The van der Waals surface area contributed by atoms with Crippen LogP contribution in [0.1, 0.15) is 31.4 Å². The van der Waals surface area contributed by atoms with Gasteiger partial charge in [-0.25, -0.2) is 0 Å². The first-order chi connectivity index (χ1) is 11.7. The third-order valence-corrected chi connectivity index (χ3v) is 4.46. The molecule has 0 saturated heterocycles. The zero-order chi connectivity index (χ0) is 16.5. The van der Waals surface area contributed by atoms with E-state index in [1.165, 1.54) is 0 Å². The van der Waals surface area contributed by atoms with Crippen molar-refractivity contribution in [1.82, 2.24) is 20.1 Å². The van der Waals surface area contributed by atoms with Crippen LogP contribution in [0.2, 0.25) is 0 Å². The number of carbonyl (C=O) groups is 1. The van der Waals surface area contributed by atoms with Gasteiger partial charge in [-0.05, 0) is 31.9 Å². The number of hydrogen-bond donors (Lipinski definition) is 1. The number of rotatable bonds is 3. The summed E-state index contributed by atoms with van der Waals surface area (Å²) in [4.78, 5) is 12.5. The molecule has 0 unspecified atom stereocenters. The largest absolute Gasteiger partial charge is 0.482 e. The Labute approximate surface area is 140 Å². The van der Waals surface area contributed by atoms with Crippen LogP contribution in [0.4, 0.5) is 0 Å². The minimum absolute atomic E-state index is 0.204. The molecule has 0 bridgehead atoms. The third kappa shape index (κ3) is 2.70. The zero-order valence-electron chi connectivity index (χ0n) is 13.6. The van der Waals surface area contributed by atoms with Crippen molar-refractivity contribution >= 4 is 5.91 Å². The quantitative estimate of drug-likeness (QED) is 0.923. The van der Waals surface area contributed by atoms with Gasteiger partial charge in [0.05, 0.1) is 6.54 Å². The normalized spacial score (nSPS) is 21.9. The highest BCUT2D eigenvalue weighted by atomic mass is 16.6. The predicted octanol–water partition coefficient (Wildman–Crippen LogP) is 1.46. The molecule has 0 aliphatic carbocycles. The van der Waals surface area contributed by atoms with Gasteiger partial charge >= 0.3 is 0 Å². The van der Waals surface area contributed by atoms with E-state index >= 15 is 0 Å². The second-order valence-electron chi connectivity index (χ2n) is 6.17. The standard InChI is InChI=1S/C17H20N4O3/c1-11-16(24-13-7-3-2-6-12(13)23-11)17(22)18-10-15-20-19-14-8-4-5-9-21(14)15/h2-3,6-7,11,16H,4-5,8-10H2,1H3,(H,18,22)/t11-,16+/m0/s1. The highest BCUT2D eigenvalue weighted by molar-refractivity contribution is 5.82. The van der Waals surface area contributed by atoms with Crippen molar-refractivity contribution in [2.45, 2.75) is 51.5 Å². The van der Waals surface area contributed by atoms with Crippen molar-refractivity contribution in [1.29, 1.82) is 0 Å². The molecule has 2 atom stereocenters. The maximum absolute atomic E-state index is 12.5. The van der Waals surface area contributed by atoms with E-state index in [-0.39, 0.29) is 12.0 Å². The van der Waals surface area contributed by atoms with E-state index in [0.717, 1.165) is 37.5 Å². The number of aryl methyl sites for hydroxylation is 1. The molecule has 1 aromatic carbocycles. The molecule has 126 valence electrons. The summed E-state index contributed by atoms with van der Waals surface area (Å²) in [5.41, 5.74) is 0. The molecule has 24 heavy (non-hydrogen) atoms. The molecule has 0 fully saturated rings. The Hall–Kier alpha value is -2.57. The van der Waals surface area contributed by atoms with Crippen LogP contribution in [-0.2, 0) is 24.3 Å². The highest BCUT2D eigenvalue weighted by Gasteiger charge is 2.34. The van der Waals surface area contributed by atoms with E-state index in [9.17, 15) is 4.79 Å². The highest BCUT2D eigenvalue weighted by Crippen LogP contribution is 2.33. The van der Waals surface area contributed by atoms with Crippen LogP contribution in [0.3, 0.4) is 0 Å². The number of aromatic nitrogens is 3. The topological polar surface area (TPSA) is 78.3 Å². The molecule has 4 rings (SSSR count). The monoisotopic (exact) mass is 328 g/mol. The molecular formula is C17H20N4O3. The minimum Gasteiger partial charge on any atom is -0.482 e. The van der Waals surface area contributed by atoms with Crippen molar-refractivity contribution in [2.24, 2.45) is 0 Å². The summed E-state index contributed by atoms with van der Waals surface area (Å²) in [5.74, 6) is 2.86. The first kappa shape index (κ1) is 15.0. The second-order valence-corrected chi connectivity index (χ2v) is 6.17. The first-order valence-corrected chi connectivity index (χ1v) is 8.33. The number of nitrogens with one attached hydrogen (secondary N) is 1. The van der Waals surface area contributed by atoms with Gasteiger partial charge in [-0.15, -0.1) is 10.2 Å². The molecule has 0 radical (unpaired) electrons. The van der Waals surface area contributed by atoms with Crippen LogP contribution in [0.5, 0.6) is 11.5 Å². The SMILES string of the molecule is C[C@@H]1Oc2ccccc2O[C@H]1C(=O)NCc1nnc2n1CCCC2. The number of fused-ring (bicyclic) bond motifs is 2. The maximum atomic E-state index is 12.5. The van der Waals surface area contributed by atoms with Crippen LogP contribution < -0.4 is 14.8 Å². The fourth-order valence-corrected chi connectivity index (χ4v) is 3.17. The average Bonchev–Trinajstić information content (AvgIpc) is 3.02. The Kier molecular flexibility index (Phi) is 3.84. The third-order valence-electron chi connectivity index (χ3n) is 4.46. The molecule has 2 aliphatic heterocycles. The lowest BCUT2D eigenvalue weighted by Gasteiger charge is -2.31. The number of amides is 1. The second kappa shape index (κ2) is 6.14. The van der Waals surface area contributed by atoms with Gasteiger partial charge in [-0.2, -0.15) is 0 Å². The molecule has 2 aliphatic rings. The van der Waals surface area contributed by atoms with Gasteiger partial charge in [-0.3, -0.25) is 4.79 Å². The van der Waals surface area contributed by atoms with Crippen LogP contribution in [-0.4, -0.2) is 32.9 Å². The van der Waals surface area contributed by atoms with Crippen LogP contribution in [0.25, 0.3) is 0 Å². The van der Waals surface area contributed by atoms with E-state index < -0.39 is 6.10 Å². The number of benzene rings is 1. The van der Waals surface area contributed by atoms with E-state index in [1.54, 1.807) is 6.07 Å². The van der Waals surface area contributed by atoms with Gasteiger partial charge in [0.2, 0.25) is 6.10 Å². The number of ether oxygens (including phenoxy) is 2. The van der Waals surface area contributed by atoms with Crippen LogP contribution in [0.15, 0.2) is 24.3 Å². The van der Waals surface area contributed by atoms with Gasteiger partial charge in [0.15, 0.2) is 17.3 Å². The molecular weight excluding hydrogens is 308 g/mol. The minimum atomic E-state index is -0.677. The Morgan fingerprint density at radius 2 is 2.04 bits per heavy atom. The molecule has 2 aromatic rings. The van der Waals surface area contributed by atoms with E-state index in [2.05, 4.69) is 20.1 Å². The molecule has 1 aromatic heterocycles. The summed E-state index contributed by atoms with van der Waals surface area (Å²) >= 11 is 0. The predicted molar refractivity (Wildman–Crippen MR) is 85.8 cm³/mol. The number of para-hydroxylation sites is 2. The lowest BCUT2D eigenvalue weighted by Crippen LogP contribution is -2.49. The van der Waals surface area contributed by atoms with Crippen molar-refractivity contribution in [2.75, 3.05) is 0 Å². The van der Waals surface area contributed by atoms with Gasteiger partial charge in [-0.1, -0.05) is 12.1 Å². The molecule has 1 amide bonds. The fraction of sp³-hybridized carbons (Fsp3) is 0.471. The molecule has 7 nitrogen and oxygen atoms in total. The van der Waals surface area contributed by atoms with Gasteiger partial charge < -0.3 is 19.4 Å². The Morgan fingerprint density at radius 3 is 2.88 bits per heavy atom. The van der Waals surface area contributed by atoms with Crippen molar-refractivity contribution in [3.05, 3.63) is 35.9 Å². The average molecular weight is 328 g/mol. The Bertz CT molecular complexity index is 758.